The molecular weight excluding hydrogens is 908 g/mol. The summed E-state index contributed by atoms with van der Waals surface area (Å²) in [6.45, 7) is 0.200. The third kappa shape index (κ3) is 27.3. The van der Waals surface area contributed by atoms with Gasteiger partial charge in [0.05, 0.1) is 6.61 Å². The molecule has 0 aliphatic heterocycles. The van der Waals surface area contributed by atoms with E-state index < -0.39 is 99.2 Å². The third-order valence-corrected chi connectivity index (χ3v) is 10.8. The van der Waals surface area contributed by atoms with E-state index >= 15 is 0 Å². The van der Waals surface area contributed by atoms with Crippen LogP contribution in [0, 0.1) is 59.7 Å². The highest BCUT2D eigenvalue weighted by Crippen LogP contribution is 2.53. The molecule has 62 heavy (non-hydrogen) atoms. The van der Waals surface area contributed by atoms with Crippen molar-refractivity contribution in [1.82, 2.24) is 0 Å². The molecule has 9 N–H and O–H groups in total. The molecule has 22 nitrogen and oxygen atoms in total. The molecule has 0 aromatic heterocycles. The second-order valence-electron chi connectivity index (χ2n) is 13.3. The molecule has 0 heterocycles. The molecule has 1 aliphatic carbocycles. The molecule has 26 heteroatoms. The monoisotopic (exact) mass is 960 g/mol. The maximum Gasteiger partial charge on any atom is 0.472 e. The lowest BCUT2D eigenvalue weighted by Gasteiger charge is -2.45. The van der Waals surface area contributed by atoms with Crippen LogP contribution in [0.4, 0.5) is 0 Å². The fourth-order valence-electron chi connectivity index (χ4n) is 5.61. The number of hydrogen-bond donors (Lipinski definition) is 9. The Labute approximate surface area is 359 Å². The standard InChI is InChI=1S/C36H52O22P4/c1-3-5-7-9-11-13-14-15-16-17-19-21-23-25-30(38)54-28(26-52-29(37)24-22-20-18-12-10-8-6-4-2)27-53-62(50,51)58-33-31(39)34(55-59(41,42)43)36(57-61(47,48)49)35(32(33)40)56-60(44,45)46/h2,28,31-36,39-40H,3,5,7,9,11,13-17,19,21,23,25-27H2,1H3,(H,50,51)(H2,41,42,43)(H2,44,45,46)(H2,47,48,49)/t28-,31+,32?,33?,34?,35?,36?/m0/s1. The molecular formula is C36H52O22P4. The molecule has 1 aliphatic rings. The van der Waals surface area contributed by atoms with Crippen LogP contribution in [0.1, 0.15) is 96.8 Å². The Hall–Kier alpha value is -2.90. The summed E-state index contributed by atoms with van der Waals surface area (Å²) in [5.41, 5.74) is 0. The molecule has 1 rings (SSSR count). The van der Waals surface area contributed by atoms with Crippen LogP contribution in [0.3, 0.4) is 0 Å². The van der Waals surface area contributed by atoms with Crippen molar-refractivity contribution in [2.75, 3.05) is 13.2 Å². The van der Waals surface area contributed by atoms with Gasteiger partial charge >= 0.3 is 43.2 Å². The van der Waals surface area contributed by atoms with E-state index in [9.17, 15) is 72.3 Å². The minimum atomic E-state index is -5.81. The smallest absolute Gasteiger partial charge is 0.456 e. The summed E-state index contributed by atoms with van der Waals surface area (Å²) < 4.78 is 80.8. The van der Waals surface area contributed by atoms with Crippen LogP contribution >= 0.6 is 31.3 Å². The average molecular weight is 961 g/mol. The highest BCUT2D eigenvalue weighted by molar-refractivity contribution is 7.47. The summed E-state index contributed by atoms with van der Waals surface area (Å²) in [6.07, 6.45) is 0.0140. The van der Waals surface area contributed by atoms with E-state index in [1.165, 1.54) is 38.5 Å². The van der Waals surface area contributed by atoms with Crippen LogP contribution < -0.4 is 0 Å². The van der Waals surface area contributed by atoms with Gasteiger partial charge in [-0.15, -0.1) is 6.42 Å². The van der Waals surface area contributed by atoms with Crippen molar-refractivity contribution in [2.24, 2.45) is 0 Å². The topological polar surface area (TPSA) is 349 Å². The molecule has 0 spiro atoms. The highest BCUT2D eigenvalue weighted by Gasteiger charge is 2.59. The Morgan fingerprint density at radius 1 is 0.565 bits per heavy atom. The van der Waals surface area contributed by atoms with Crippen LogP contribution in [0.2, 0.25) is 0 Å². The van der Waals surface area contributed by atoms with Crippen molar-refractivity contribution in [3.63, 3.8) is 0 Å². The van der Waals surface area contributed by atoms with E-state index in [0.29, 0.717) is 12.8 Å². The van der Waals surface area contributed by atoms with Crippen LogP contribution in [0.5, 0.6) is 0 Å². The molecule has 0 radical (unpaired) electrons. The van der Waals surface area contributed by atoms with Gasteiger partial charge in [0.15, 0.2) is 6.10 Å². The maximum atomic E-state index is 13.1. The summed E-state index contributed by atoms with van der Waals surface area (Å²) in [5, 5.41) is 21.7. The van der Waals surface area contributed by atoms with Gasteiger partial charge in [0.25, 0.3) is 0 Å². The van der Waals surface area contributed by atoms with Gasteiger partial charge in [-0.3, -0.25) is 27.4 Å². The quantitative estimate of drug-likeness (QED) is 0.0178. The first-order valence-electron chi connectivity index (χ1n) is 19.0. The lowest BCUT2D eigenvalue weighted by molar-refractivity contribution is -0.209. The minimum absolute atomic E-state index is 0.127. The number of hydrogen-bond acceptors (Lipinski definition) is 15. The minimum Gasteiger partial charge on any atom is -0.456 e. The van der Waals surface area contributed by atoms with E-state index in [1.54, 1.807) is 0 Å². The Kier molecular flexibility index (Phi) is 27.2. The number of terminal acetylenes is 1. The van der Waals surface area contributed by atoms with Gasteiger partial charge in [0, 0.05) is 12.3 Å². The maximum absolute atomic E-state index is 13.1. The van der Waals surface area contributed by atoms with Crippen molar-refractivity contribution < 1.29 is 104 Å². The Bertz CT molecular complexity index is 1880. The second-order valence-corrected chi connectivity index (χ2v) is 18.3. The number of rotatable bonds is 28. The van der Waals surface area contributed by atoms with E-state index in [4.69, 9.17) is 24.9 Å². The van der Waals surface area contributed by atoms with Gasteiger partial charge < -0.3 is 53.9 Å². The van der Waals surface area contributed by atoms with Gasteiger partial charge in [-0.2, -0.15) is 0 Å². The fraction of sp³-hybridized carbons (Fsp3) is 0.667. The van der Waals surface area contributed by atoms with Crippen molar-refractivity contribution >= 4 is 43.2 Å². The number of phosphoric acid groups is 4. The predicted octanol–water partition coefficient (Wildman–Crippen LogP) is 2.24. The van der Waals surface area contributed by atoms with Crippen LogP contribution in [0.25, 0.3) is 0 Å². The van der Waals surface area contributed by atoms with Gasteiger partial charge in [0.1, 0.15) is 43.2 Å². The zero-order valence-electron chi connectivity index (χ0n) is 33.6. The highest BCUT2D eigenvalue weighted by atomic mass is 31.2. The summed E-state index contributed by atoms with van der Waals surface area (Å²) >= 11 is 0. The number of ether oxygens (including phenoxy) is 2. The molecule has 0 saturated heterocycles. The first-order chi connectivity index (χ1) is 29.0. The summed E-state index contributed by atoms with van der Waals surface area (Å²) in [4.78, 5) is 91.6. The van der Waals surface area contributed by atoms with E-state index in [1.807, 2.05) is 11.8 Å². The first-order valence-corrected chi connectivity index (χ1v) is 25.1. The average Bonchev–Trinajstić information content (AvgIpc) is 3.16. The molecule has 6 unspecified atom stereocenters. The van der Waals surface area contributed by atoms with Crippen molar-refractivity contribution in [1.29, 1.82) is 0 Å². The molecule has 0 bridgehead atoms. The first kappa shape index (κ1) is 57.1. The Morgan fingerprint density at radius 2 is 0.984 bits per heavy atom. The summed E-state index contributed by atoms with van der Waals surface area (Å²) in [7, 11) is -23.1. The number of aliphatic hydroxyl groups excluding tert-OH is 2. The zero-order valence-corrected chi connectivity index (χ0v) is 37.1. The normalized spacial score (nSPS) is 21.4. The predicted molar refractivity (Wildman–Crippen MR) is 215 cm³/mol. The largest absolute Gasteiger partial charge is 0.472 e. The lowest BCUT2D eigenvalue weighted by atomic mass is 9.85. The molecule has 0 aromatic rings. The van der Waals surface area contributed by atoms with Crippen LogP contribution in [-0.4, -0.2) is 112 Å². The number of carbonyl (C=O) groups is 2. The summed E-state index contributed by atoms with van der Waals surface area (Å²) in [5.74, 6) is 17.7. The zero-order chi connectivity index (χ0) is 46.8. The van der Waals surface area contributed by atoms with E-state index in [2.05, 4.69) is 61.9 Å². The van der Waals surface area contributed by atoms with Gasteiger partial charge in [-0.05, 0) is 53.8 Å². The van der Waals surface area contributed by atoms with Gasteiger partial charge in [-0.1, -0.05) is 84.0 Å². The lowest BCUT2D eigenvalue weighted by Crippen LogP contribution is -2.65. The molecule has 1 fully saturated rings. The van der Waals surface area contributed by atoms with Crippen LogP contribution in [-0.2, 0) is 59.9 Å². The van der Waals surface area contributed by atoms with Crippen molar-refractivity contribution in [3.8, 4) is 59.7 Å². The molecule has 0 aromatic carbocycles. The third-order valence-electron chi connectivity index (χ3n) is 8.24. The van der Waals surface area contributed by atoms with Crippen LogP contribution in [0.15, 0.2) is 0 Å². The van der Waals surface area contributed by atoms with Crippen molar-refractivity contribution in [2.45, 2.75) is 140 Å². The molecule has 348 valence electrons. The number of phosphoric ester groups is 4. The van der Waals surface area contributed by atoms with Gasteiger partial charge in [0.2, 0.25) is 0 Å². The fourth-order valence-corrected chi connectivity index (χ4v) is 8.26. The number of unbranched alkanes of at least 4 members (excludes halogenated alkanes) is 12. The van der Waals surface area contributed by atoms with Crippen molar-refractivity contribution in [3.05, 3.63) is 0 Å². The SMILES string of the molecule is C#CC#CC#CC#CC#CC(=O)OC[C@@H](COP(=O)(O)OC1C(O)C(OP(=O)(O)O)C(OP(=O)(O)O)C(OP(=O)(O)O)[C@@H]1O)OC(=O)CCCCCCCCCCCCCCC. The molecule has 8 atom stereocenters. The molecule has 1 saturated carbocycles. The van der Waals surface area contributed by atoms with Gasteiger partial charge in [-0.25, -0.2) is 23.1 Å². The Balaban J connectivity index is 3.09. The van der Waals surface area contributed by atoms with E-state index in [-0.39, 0.29) is 6.42 Å². The second kappa shape index (κ2) is 29.5. The number of esters is 2. The number of aliphatic hydroxyl groups is 2. The summed E-state index contributed by atoms with van der Waals surface area (Å²) in [6, 6.07) is 0. The number of carbonyl (C=O) groups excluding carboxylic acids is 2. The molecule has 0 amide bonds. The van der Waals surface area contributed by atoms with E-state index in [0.717, 1.165) is 32.1 Å². The Morgan fingerprint density at radius 3 is 1.44 bits per heavy atom.